The standard InChI is InChI=1S/C33H53NS/c1-6-13-26(3)14-11-12-15-28(5)33(24-27(4)18-19-29(7-2)25-34)35-32-22-20-31(21-23-32)30-16-9-8-10-17-30/h6,8-9,13,20,29-30,32-33H,1,4-5,7,10-12,14-19,21-25,34H2,2-3H3/b26-13-/t29?,30?,32?,33-/m0/s1. The highest BCUT2D eigenvalue weighted by Crippen LogP contribution is 2.40. The Morgan fingerprint density at radius 2 is 1.94 bits per heavy atom. The molecule has 0 aromatic rings. The molecule has 2 aliphatic carbocycles. The first-order valence-corrected chi connectivity index (χ1v) is 15.2. The SMILES string of the molecule is C=C/C=C(/C)CCCCC(=C)[C@H](CC(=C)CCC(CC)CN)SC1CC=C(C2CC=CCC2)CC1. The molecule has 4 atom stereocenters. The lowest BCUT2D eigenvalue weighted by Gasteiger charge is -2.31. The molecule has 0 bridgehead atoms. The molecule has 0 heterocycles. The van der Waals surface area contributed by atoms with E-state index >= 15 is 0 Å². The minimum absolute atomic E-state index is 0.503. The summed E-state index contributed by atoms with van der Waals surface area (Å²) in [5, 5.41) is 1.22. The van der Waals surface area contributed by atoms with Gasteiger partial charge < -0.3 is 5.73 Å². The molecule has 3 unspecified atom stereocenters. The number of hydrogen-bond acceptors (Lipinski definition) is 2. The van der Waals surface area contributed by atoms with Crippen molar-refractivity contribution in [3.05, 3.63) is 72.4 Å². The summed E-state index contributed by atoms with van der Waals surface area (Å²) in [5.74, 6) is 1.44. The van der Waals surface area contributed by atoms with Gasteiger partial charge in [-0.25, -0.2) is 0 Å². The number of thioether (sulfide) groups is 1. The molecule has 35 heavy (non-hydrogen) atoms. The summed E-state index contributed by atoms with van der Waals surface area (Å²) in [6.45, 7) is 18.2. The fourth-order valence-corrected chi connectivity index (χ4v) is 7.01. The Morgan fingerprint density at radius 1 is 1.14 bits per heavy atom. The Balaban J connectivity index is 1.91. The van der Waals surface area contributed by atoms with E-state index in [1.54, 1.807) is 5.57 Å². The maximum atomic E-state index is 5.95. The molecule has 2 heteroatoms. The number of nitrogens with two attached hydrogens (primary N) is 1. The maximum Gasteiger partial charge on any atom is 0.0293 e. The van der Waals surface area contributed by atoms with Gasteiger partial charge in [0.1, 0.15) is 0 Å². The predicted molar refractivity (Wildman–Crippen MR) is 161 cm³/mol. The predicted octanol–water partition coefficient (Wildman–Crippen LogP) is 9.88. The topological polar surface area (TPSA) is 26.0 Å². The quantitative estimate of drug-likeness (QED) is 0.123. The van der Waals surface area contributed by atoms with Crippen LogP contribution in [0.4, 0.5) is 0 Å². The zero-order valence-corrected chi connectivity index (χ0v) is 23.7. The number of unbranched alkanes of at least 4 members (excludes halogenated alkanes) is 1. The van der Waals surface area contributed by atoms with Gasteiger partial charge in [0.2, 0.25) is 0 Å². The van der Waals surface area contributed by atoms with Crippen LogP contribution in [0.1, 0.15) is 104 Å². The van der Waals surface area contributed by atoms with Gasteiger partial charge in [0.25, 0.3) is 0 Å². The Bertz CT molecular complexity index is 751. The van der Waals surface area contributed by atoms with Crippen molar-refractivity contribution >= 4 is 11.8 Å². The van der Waals surface area contributed by atoms with Crippen molar-refractivity contribution in [2.75, 3.05) is 6.54 Å². The van der Waals surface area contributed by atoms with Crippen LogP contribution in [0.15, 0.2) is 72.4 Å². The lowest BCUT2D eigenvalue weighted by Crippen LogP contribution is -2.19. The Hall–Kier alpha value is -1.25. The van der Waals surface area contributed by atoms with Gasteiger partial charge in [0.05, 0.1) is 0 Å². The van der Waals surface area contributed by atoms with Gasteiger partial charge in [-0.1, -0.05) is 85.8 Å². The lowest BCUT2D eigenvalue weighted by molar-refractivity contribution is 0.478. The van der Waals surface area contributed by atoms with Crippen molar-refractivity contribution in [2.24, 2.45) is 17.6 Å². The highest BCUT2D eigenvalue weighted by molar-refractivity contribution is 8.00. The molecule has 2 N–H and O–H groups in total. The number of allylic oxidation sites excluding steroid dienone is 8. The van der Waals surface area contributed by atoms with Crippen LogP contribution in [0.5, 0.6) is 0 Å². The van der Waals surface area contributed by atoms with Crippen LogP contribution in [0, 0.1) is 11.8 Å². The Kier molecular flexibility index (Phi) is 14.8. The van der Waals surface area contributed by atoms with Gasteiger partial charge in [-0.2, -0.15) is 11.8 Å². The highest BCUT2D eigenvalue weighted by atomic mass is 32.2. The summed E-state index contributed by atoms with van der Waals surface area (Å²) in [4.78, 5) is 0. The average molecular weight is 496 g/mol. The van der Waals surface area contributed by atoms with Crippen LogP contribution < -0.4 is 5.73 Å². The van der Waals surface area contributed by atoms with Gasteiger partial charge in [0.15, 0.2) is 0 Å². The summed E-state index contributed by atoms with van der Waals surface area (Å²) in [5.41, 5.74) is 11.9. The van der Waals surface area contributed by atoms with E-state index < -0.39 is 0 Å². The van der Waals surface area contributed by atoms with Gasteiger partial charge in [-0.05, 0) is 109 Å². The van der Waals surface area contributed by atoms with Crippen LogP contribution in [-0.2, 0) is 0 Å². The normalized spacial score (nSPS) is 22.4. The van der Waals surface area contributed by atoms with Crippen molar-refractivity contribution in [3.63, 3.8) is 0 Å². The zero-order valence-electron chi connectivity index (χ0n) is 22.9. The van der Waals surface area contributed by atoms with Crippen molar-refractivity contribution in [1.82, 2.24) is 0 Å². The smallest absolute Gasteiger partial charge is 0.0293 e. The molecular weight excluding hydrogens is 442 g/mol. The van der Waals surface area contributed by atoms with E-state index in [4.69, 9.17) is 5.73 Å². The molecule has 0 saturated carbocycles. The molecule has 196 valence electrons. The maximum absolute atomic E-state index is 5.95. The van der Waals surface area contributed by atoms with Crippen molar-refractivity contribution in [2.45, 2.75) is 114 Å². The van der Waals surface area contributed by atoms with E-state index in [-0.39, 0.29) is 0 Å². The molecule has 0 aliphatic heterocycles. The number of hydrogen-bond donors (Lipinski definition) is 1. The van der Waals surface area contributed by atoms with Crippen LogP contribution in [0.3, 0.4) is 0 Å². The third-order valence-corrected chi connectivity index (χ3v) is 9.66. The van der Waals surface area contributed by atoms with E-state index in [1.165, 1.54) is 80.9 Å². The molecule has 2 aliphatic rings. The first-order chi connectivity index (χ1) is 17.0. The van der Waals surface area contributed by atoms with Gasteiger partial charge in [0, 0.05) is 10.5 Å². The molecule has 0 amide bonds. The molecule has 0 radical (unpaired) electrons. The molecule has 1 nitrogen and oxygen atoms in total. The van der Waals surface area contributed by atoms with Crippen molar-refractivity contribution < 1.29 is 0 Å². The third kappa shape index (κ3) is 11.6. The summed E-state index contributed by atoms with van der Waals surface area (Å²) in [7, 11) is 0. The van der Waals surface area contributed by atoms with Crippen LogP contribution in [0.2, 0.25) is 0 Å². The van der Waals surface area contributed by atoms with E-state index in [0.717, 1.165) is 43.4 Å². The monoisotopic (exact) mass is 495 g/mol. The van der Waals surface area contributed by atoms with E-state index in [1.807, 2.05) is 6.08 Å². The van der Waals surface area contributed by atoms with E-state index in [2.05, 4.69) is 69.7 Å². The summed E-state index contributed by atoms with van der Waals surface area (Å²) >= 11 is 2.20. The average Bonchev–Trinajstić information content (AvgIpc) is 2.88. The second kappa shape index (κ2) is 17.2. The van der Waals surface area contributed by atoms with Gasteiger partial charge >= 0.3 is 0 Å². The second-order valence-corrected chi connectivity index (χ2v) is 12.4. The fourth-order valence-electron chi connectivity index (χ4n) is 5.44. The minimum atomic E-state index is 0.503. The van der Waals surface area contributed by atoms with Crippen LogP contribution >= 0.6 is 11.8 Å². The van der Waals surface area contributed by atoms with E-state index in [9.17, 15) is 0 Å². The van der Waals surface area contributed by atoms with E-state index in [0.29, 0.717) is 11.2 Å². The molecule has 0 aromatic carbocycles. The summed E-state index contributed by atoms with van der Waals surface area (Å²) in [6, 6.07) is 0. The number of rotatable bonds is 17. The van der Waals surface area contributed by atoms with Crippen molar-refractivity contribution in [1.29, 1.82) is 0 Å². The van der Waals surface area contributed by atoms with Crippen LogP contribution in [0.25, 0.3) is 0 Å². The first kappa shape index (κ1) is 30.0. The van der Waals surface area contributed by atoms with Gasteiger partial charge in [-0.3, -0.25) is 0 Å². The molecule has 0 aromatic heterocycles. The highest BCUT2D eigenvalue weighted by Gasteiger charge is 2.25. The molecule has 0 spiro atoms. The summed E-state index contributed by atoms with van der Waals surface area (Å²) < 4.78 is 0. The fraction of sp³-hybridized carbons (Fsp3) is 0.636. The van der Waals surface area contributed by atoms with Gasteiger partial charge in [-0.15, -0.1) is 0 Å². The largest absolute Gasteiger partial charge is 0.330 e. The Morgan fingerprint density at radius 3 is 2.57 bits per heavy atom. The second-order valence-electron chi connectivity index (χ2n) is 10.9. The molecular formula is C33H53NS. The van der Waals surface area contributed by atoms with Crippen molar-refractivity contribution in [3.8, 4) is 0 Å². The third-order valence-electron chi connectivity index (χ3n) is 8.02. The lowest BCUT2D eigenvalue weighted by atomic mass is 9.82. The molecule has 0 saturated heterocycles. The summed E-state index contributed by atoms with van der Waals surface area (Å²) in [6.07, 6.45) is 28.4. The van der Waals surface area contributed by atoms with Crippen LogP contribution in [-0.4, -0.2) is 17.0 Å². The molecule has 2 rings (SSSR count). The zero-order chi connectivity index (χ0) is 25.5. The first-order valence-electron chi connectivity index (χ1n) is 14.3. The minimum Gasteiger partial charge on any atom is -0.330 e. The Labute approximate surface area is 222 Å². The molecule has 0 fully saturated rings.